The summed E-state index contributed by atoms with van der Waals surface area (Å²) in [5, 5.41) is 9.12. The first-order valence-corrected chi connectivity index (χ1v) is 6.28. The zero-order valence-electron chi connectivity index (χ0n) is 10.3. The number of halogens is 1. The van der Waals surface area contributed by atoms with Crippen LogP contribution < -0.4 is 0 Å². The maximum atomic E-state index is 12.8. The van der Waals surface area contributed by atoms with Crippen LogP contribution in [0.3, 0.4) is 0 Å². The molecule has 1 aliphatic heterocycles. The van der Waals surface area contributed by atoms with Gasteiger partial charge in [-0.3, -0.25) is 4.90 Å². The minimum absolute atomic E-state index is 0.178. The summed E-state index contributed by atoms with van der Waals surface area (Å²) in [5.74, 6) is 0.258. The monoisotopic (exact) mass is 237 g/mol. The highest BCUT2D eigenvalue weighted by molar-refractivity contribution is 5.17. The maximum Gasteiger partial charge on any atom is 0.123 e. The lowest BCUT2D eigenvalue weighted by atomic mass is 10.1. The van der Waals surface area contributed by atoms with Crippen LogP contribution in [0.25, 0.3) is 0 Å². The first-order valence-electron chi connectivity index (χ1n) is 6.28. The van der Waals surface area contributed by atoms with Gasteiger partial charge in [-0.15, -0.1) is 0 Å². The molecule has 1 heterocycles. The van der Waals surface area contributed by atoms with Gasteiger partial charge >= 0.3 is 0 Å². The summed E-state index contributed by atoms with van der Waals surface area (Å²) >= 11 is 0. The molecule has 1 aliphatic rings. The zero-order chi connectivity index (χ0) is 12.3. The molecule has 0 bridgehead atoms. The van der Waals surface area contributed by atoms with Crippen LogP contribution in [0.4, 0.5) is 4.39 Å². The van der Waals surface area contributed by atoms with Gasteiger partial charge in [0, 0.05) is 19.2 Å². The van der Waals surface area contributed by atoms with Crippen molar-refractivity contribution in [1.29, 1.82) is 0 Å². The van der Waals surface area contributed by atoms with Crippen molar-refractivity contribution < 1.29 is 9.50 Å². The minimum Gasteiger partial charge on any atom is -0.396 e. The van der Waals surface area contributed by atoms with Crippen molar-refractivity contribution in [2.45, 2.75) is 25.8 Å². The molecule has 1 aromatic rings. The molecule has 0 saturated carbocycles. The van der Waals surface area contributed by atoms with Crippen LogP contribution in [0.15, 0.2) is 24.3 Å². The van der Waals surface area contributed by atoms with Gasteiger partial charge in [0.05, 0.1) is 0 Å². The van der Waals surface area contributed by atoms with Gasteiger partial charge in [-0.05, 0) is 49.9 Å². The third-order valence-corrected chi connectivity index (χ3v) is 3.64. The van der Waals surface area contributed by atoms with E-state index in [-0.39, 0.29) is 5.82 Å². The summed E-state index contributed by atoms with van der Waals surface area (Å²) in [4.78, 5) is 2.41. The van der Waals surface area contributed by atoms with Gasteiger partial charge in [0.1, 0.15) is 5.82 Å². The lowest BCUT2D eigenvalue weighted by molar-refractivity contribution is 0.203. The average molecular weight is 237 g/mol. The molecule has 1 aromatic carbocycles. The van der Waals surface area contributed by atoms with Crippen molar-refractivity contribution in [3.05, 3.63) is 35.6 Å². The fourth-order valence-electron chi connectivity index (χ4n) is 2.50. The predicted molar refractivity (Wildman–Crippen MR) is 66.3 cm³/mol. The van der Waals surface area contributed by atoms with Gasteiger partial charge in [-0.25, -0.2) is 4.39 Å². The second-order valence-corrected chi connectivity index (χ2v) is 5.01. The van der Waals surface area contributed by atoms with Gasteiger partial charge in [0.25, 0.3) is 0 Å². The number of benzene rings is 1. The van der Waals surface area contributed by atoms with Gasteiger partial charge in [0.15, 0.2) is 0 Å². The smallest absolute Gasteiger partial charge is 0.123 e. The van der Waals surface area contributed by atoms with E-state index in [1.54, 1.807) is 0 Å². The van der Waals surface area contributed by atoms with E-state index in [1.165, 1.54) is 17.7 Å². The van der Waals surface area contributed by atoms with Crippen molar-refractivity contribution in [3.8, 4) is 0 Å². The van der Waals surface area contributed by atoms with Gasteiger partial charge < -0.3 is 5.11 Å². The topological polar surface area (TPSA) is 23.5 Å². The summed E-state index contributed by atoms with van der Waals surface area (Å²) in [6.07, 6.45) is 2.03. The molecule has 94 valence electrons. The Bertz CT molecular complexity index is 352. The third-order valence-electron chi connectivity index (χ3n) is 3.64. The predicted octanol–water partition coefficient (Wildman–Crippen LogP) is 2.07. The van der Waals surface area contributed by atoms with E-state index in [0.29, 0.717) is 18.6 Å². The first-order chi connectivity index (χ1) is 8.19. The van der Waals surface area contributed by atoms with Crippen molar-refractivity contribution >= 4 is 0 Å². The van der Waals surface area contributed by atoms with Crippen LogP contribution in [-0.4, -0.2) is 35.7 Å². The Labute approximate surface area is 102 Å². The summed E-state index contributed by atoms with van der Waals surface area (Å²) < 4.78 is 12.8. The molecule has 1 fully saturated rings. The molecule has 17 heavy (non-hydrogen) atoms. The van der Waals surface area contributed by atoms with E-state index in [4.69, 9.17) is 5.11 Å². The molecular weight excluding hydrogens is 217 g/mol. The van der Waals surface area contributed by atoms with E-state index < -0.39 is 0 Å². The first kappa shape index (κ1) is 12.5. The van der Waals surface area contributed by atoms with Gasteiger partial charge in [0.2, 0.25) is 0 Å². The Hall–Kier alpha value is -0.930. The van der Waals surface area contributed by atoms with E-state index in [0.717, 1.165) is 25.9 Å². The summed E-state index contributed by atoms with van der Waals surface area (Å²) in [7, 11) is 0. The van der Waals surface area contributed by atoms with Crippen LogP contribution in [0.5, 0.6) is 0 Å². The Balaban J connectivity index is 1.89. The molecule has 0 radical (unpaired) electrons. The van der Waals surface area contributed by atoms with Crippen LogP contribution in [0, 0.1) is 11.7 Å². The Morgan fingerprint density at radius 1 is 1.41 bits per heavy atom. The summed E-state index contributed by atoms with van der Waals surface area (Å²) in [5.41, 5.74) is 1.17. The molecule has 3 heteroatoms. The quantitative estimate of drug-likeness (QED) is 0.866. The summed E-state index contributed by atoms with van der Waals surface area (Å²) in [6.45, 7) is 4.54. The number of rotatable bonds is 4. The standard InChI is InChI=1S/C14H20FNO/c1-11(16-7-6-13(9-16)10-17)8-12-2-4-14(15)5-3-12/h2-5,11,13,17H,6-10H2,1H3. The summed E-state index contributed by atoms with van der Waals surface area (Å²) in [6, 6.07) is 7.19. The average Bonchev–Trinajstić information content (AvgIpc) is 2.81. The highest BCUT2D eigenvalue weighted by Crippen LogP contribution is 2.20. The van der Waals surface area contributed by atoms with E-state index in [9.17, 15) is 4.39 Å². The fraction of sp³-hybridized carbons (Fsp3) is 0.571. The lowest BCUT2D eigenvalue weighted by Crippen LogP contribution is -2.32. The largest absolute Gasteiger partial charge is 0.396 e. The highest BCUT2D eigenvalue weighted by Gasteiger charge is 2.25. The minimum atomic E-state index is -0.178. The number of aliphatic hydroxyl groups is 1. The molecule has 1 saturated heterocycles. The number of hydrogen-bond acceptors (Lipinski definition) is 2. The Morgan fingerprint density at radius 3 is 2.71 bits per heavy atom. The second kappa shape index (κ2) is 5.61. The number of hydrogen-bond donors (Lipinski definition) is 1. The third kappa shape index (κ3) is 3.27. The number of nitrogens with zero attached hydrogens (tertiary/aromatic N) is 1. The second-order valence-electron chi connectivity index (χ2n) is 5.01. The number of likely N-dealkylation sites (tertiary alicyclic amines) is 1. The zero-order valence-corrected chi connectivity index (χ0v) is 10.3. The lowest BCUT2D eigenvalue weighted by Gasteiger charge is -2.24. The molecule has 0 amide bonds. The van der Waals surface area contributed by atoms with Crippen LogP contribution in [-0.2, 0) is 6.42 Å². The molecular formula is C14H20FNO. The normalized spacial score (nSPS) is 22.9. The SMILES string of the molecule is CC(Cc1ccc(F)cc1)N1CCC(CO)C1. The van der Waals surface area contributed by atoms with E-state index in [1.807, 2.05) is 12.1 Å². The molecule has 2 unspecified atom stereocenters. The van der Waals surface area contributed by atoms with Crippen LogP contribution in [0.2, 0.25) is 0 Å². The molecule has 0 aromatic heterocycles. The maximum absolute atomic E-state index is 12.8. The number of aliphatic hydroxyl groups excluding tert-OH is 1. The van der Waals surface area contributed by atoms with E-state index >= 15 is 0 Å². The Morgan fingerprint density at radius 2 is 2.12 bits per heavy atom. The van der Waals surface area contributed by atoms with Crippen molar-refractivity contribution in [3.63, 3.8) is 0 Å². The molecule has 2 atom stereocenters. The van der Waals surface area contributed by atoms with Crippen molar-refractivity contribution in [1.82, 2.24) is 4.90 Å². The fourth-order valence-corrected chi connectivity index (χ4v) is 2.50. The van der Waals surface area contributed by atoms with Crippen LogP contribution >= 0.6 is 0 Å². The Kier molecular flexibility index (Phi) is 4.13. The highest BCUT2D eigenvalue weighted by atomic mass is 19.1. The molecule has 0 spiro atoms. The van der Waals surface area contributed by atoms with Gasteiger partial charge in [-0.1, -0.05) is 12.1 Å². The van der Waals surface area contributed by atoms with Gasteiger partial charge in [-0.2, -0.15) is 0 Å². The van der Waals surface area contributed by atoms with Crippen LogP contribution in [0.1, 0.15) is 18.9 Å². The molecule has 2 rings (SSSR count). The van der Waals surface area contributed by atoms with Crippen molar-refractivity contribution in [2.75, 3.05) is 19.7 Å². The molecule has 2 nitrogen and oxygen atoms in total. The molecule has 1 N–H and O–H groups in total. The molecule has 0 aliphatic carbocycles. The van der Waals surface area contributed by atoms with E-state index in [2.05, 4.69) is 11.8 Å². The van der Waals surface area contributed by atoms with Crippen molar-refractivity contribution in [2.24, 2.45) is 5.92 Å².